The second-order valence-corrected chi connectivity index (χ2v) is 5.74. The summed E-state index contributed by atoms with van der Waals surface area (Å²) in [5.41, 5.74) is 2.78. The maximum atomic E-state index is 13.2. The van der Waals surface area contributed by atoms with Gasteiger partial charge in [0, 0.05) is 11.4 Å². The number of methoxy groups -OCH3 is 1. The van der Waals surface area contributed by atoms with Crippen LogP contribution < -0.4 is 10.1 Å². The molecule has 0 bridgehead atoms. The Morgan fingerprint density at radius 3 is 3.10 bits per heavy atom. The number of anilines is 1. The lowest BCUT2D eigenvalue weighted by Gasteiger charge is -2.13. The summed E-state index contributed by atoms with van der Waals surface area (Å²) in [4.78, 5) is 9.42. The van der Waals surface area contributed by atoms with E-state index >= 15 is 0 Å². The van der Waals surface area contributed by atoms with Crippen molar-refractivity contribution < 1.29 is 9.13 Å². The Balaban J connectivity index is 1.72. The molecule has 0 aliphatic heterocycles. The van der Waals surface area contributed by atoms with Gasteiger partial charge in [0.2, 0.25) is 11.8 Å². The summed E-state index contributed by atoms with van der Waals surface area (Å²) in [5.74, 6) is -0.195. The highest BCUT2D eigenvalue weighted by atomic mass is 32.1. The fourth-order valence-electron chi connectivity index (χ4n) is 2.46. The van der Waals surface area contributed by atoms with Crippen LogP contribution in [0.4, 0.5) is 10.3 Å². The van der Waals surface area contributed by atoms with Gasteiger partial charge in [0.1, 0.15) is 0 Å². The molecule has 0 saturated heterocycles. The third-order valence-corrected chi connectivity index (χ3v) is 4.63. The van der Waals surface area contributed by atoms with Crippen molar-refractivity contribution in [3.63, 3.8) is 0 Å². The van der Waals surface area contributed by atoms with Crippen molar-refractivity contribution in [1.29, 1.82) is 0 Å². The minimum Gasteiger partial charge on any atom is -0.479 e. The lowest BCUT2D eigenvalue weighted by Crippen LogP contribution is -2.08. The molecule has 4 nitrogen and oxygen atoms in total. The van der Waals surface area contributed by atoms with E-state index in [1.807, 2.05) is 11.3 Å². The molecule has 2 heterocycles. The van der Waals surface area contributed by atoms with Gasteiger partial charge in [0.05, 0.1) is 13.3 Å². The van der Waals surface area contributed by atoms with Gasteiger partial charge in [-0.2, -0.15) is 9.37 Å². The number of nitrogens with one attached hydrogen (secondary N) is 1. The van der Waals surface area contributed by atoms with E-state index in [2.05, 4.69) is 20.7 Å². The maximum absolute atomic E-state index is 13.2. The third kappa shape index (κ3) is 2.60. The monoisotopic (exact) mass is 293 g/mol. The molecule has 0 atom stereocenters. The molecule has 1 N–H and O–H groups in total. The first-order valence-electron chi connectivity index (χ1n) is 6.66. The molecule has 0 unspecified atom stereocenters. The summed E-state index contributed by atoms with van der Waals surface area (Å²) < 4.78 is 18.1. The number of ether oxygens (including phenoxy) is 1. The SMILES string of the molecule is COc1nc(NCc2csc3c2CCCC3)ncc1F. The van der Waals surface area contributed by atoms with E-state index in [1.165, 1.54) is 42.4 Å². The molecule has 20 heavy (non-hydrogen) atoms. The summed E-state index contributed by atoms with van der Waals surface area (Å²) in [6.45, 7) is 0.667. The normalized spacial score (nSPS) is 13.9. The average Bonchev–Trinajstić information content (AvgIpc) is 2.90. The summed E-state index contributed by atoms with van der Waals surface area (Å²) in [7, 11) is 1.39. The number of thiophene rings is 1. The summed E-state index contributed by atoms with van der Waals surface area (Å²) >= 11 is 1.83. The zero-order chi connectivity index (χ0) is 13.9. The zero-order valence-corrected chi connectivity index (χ0v) is 12.1. The standard InChI is InChI=1S/C14H16FN3OS/c1-19-13-11(15)7-17-14(18-13)16-6-9-8-20-12-5-3-2-4-10(9)12/h7-8H,2-6H2,1H3,(H,16,17,18). The van der Waals surface area contributed by atoms with Crippen LogP contribution in [0, 0.1) is 5.82 Å². The molecule has 3 rings (SSSR count). The molecule has 1 aliphatic rings. The van der Waals surface area contributed by atoms with E-state index in [0.29, 0.717) is 12.5 Å². The molecule has 0 amide bonds. The van der Waals surface area contributed by atoms with Gasteiger partial charge in [0.25, 0.3) is 5.88 Å². The first-order valence-corrected chi connectivity index (χ1v) is 7.54. The van der Waals surface area contributed by atoms with Gasteiger partial charge < -0.3 is 10.1 Å². The highest BCUT2D eigenvalue weighted by Crippen LogP contribution is 2.30. The number of aryl methyl sites for hydroxylation is 1. The molecule has 2 aromatic heterocycles. The van der Waals surface area contributed by atoms with Gasteiger partial charge in [-0.3, -0.25) is 0 Å². The summed E-state index contributed by atoms with van der Waals surface area (Å²) in [6, 6.07) is 0. The highest BCUT2D eigenvalue weighted by molar-refractivity contribution is 7.10. The quantitative estimate of drug-likeness (QED) is 0.940. The average molecular weight is 293 g/mol. The molecule has 106 valence electrons. The lowest BCUT2D eigenvalue weighted by atomic mass is 9.96. The highest BCUT2D eigenvalue weighted by Gasteiger charge is 2.15. The molecule has 0 saturated carbocycles. The molecule has 1 aliphatic carbocycles. The smallest absolute Gasteiger partial charge is 0.255 e. The largest absolute Gasteiger partial charge is 0.479 e. The fourth-order valence-corrected chi connectivity index (χ4v) is 3.61. The van der Waals surface area contributed by atoms with Gasteiger partial charge in [-0.05, 0) is 42.2 Å². The van der Waals surface area contributed by atoms with E-state index in [9.17, 15) is 4.39 Å². The van der Waals surface area contributed by atoms with Crippen molar-refractivity contribution in [2.45, 2.75) is 32.2 Å². The number of hydrogen-bond acceptors (Lipinski definition) is 5. The van der Waals surface area contributed by atoms with Gasteiger partial charge >= 0.3 is 0 Å². The van der Waals surface area contributed by atoms with Crippen molar-refractivity contribution in [1.82, 2.24) is 9.97 Å². The van der Waals surface area contributed by atoms with E-state index in [-0.39, 0.29) is 5.88 Å². The first kappa shape index (κ1) is 13.3. The Labute approximate surface area is 121 Å². The Hall–Kier alpha value is -1.69. The number of fused-ring (bicyclic) bond motifs is 1. The molecule has 0 fully saturated rings. The molecule has 0 spiro atoms. The first-order chi connectivity index (χ1) is 9.78. The van der Waals surface area contributed by atoms with Crippen LogP contribution in [0.2, 0.25) is 0 Å². The second kappa shape index (κ2) is 5.75. The van der Waals surface area contributed by atoms with Crippen LogP contribution >= 0.6 is 11.3 Å². The van der Waals surface area contributed by atoms with Gasteiger partial charge in [-0.1, -0.05) is 0 Å². The topological polar surface area (TPSA) is 47.0 Å². The minimum absolute atomic E-state index is 0.0325. The van der Waals surface area contributed by atoms with E-state index in [0.717, 1.165) is 12.6 Å². The Kier molecular flexibility index (Phi) is 3.82. The van der Waals surface area contributed by atoms with Crippen LogP contribution in [0.1, 0.15) is 28.8 Å². The predicted octanol–water partition coefficient (Wildman–Crippen LogP) is 3.18. The zero-order valence-electron chi connectivity index (χ0n) is 11.3. The van der Waals surface area contributed by atoms with Crippen molar-refractivity contribution in [2.75, 3.05) is 12.4 Å². The number of rotatable bonds is 4. The molecule has 2 aromatic rings. The Morgan fingerprint density at radius 2 is 2.25 bits per heavy atom. The van der Waals surface area contributed by atoms with Gasteiger partial charge in [-0.25, -0.2) is 4.98 Å². The van der Waals surface area contributed by atoms with E-state index in [1.54, 1.807) is 0 Å². The number of nitrogens with zero attached hydrogens (tertiary/aromatic N) is 2. The van der Waals surface area contributed by atoms with E-state index in [4.69, 9.17) is 4.74 Å². The minimum atomic E-state index is -0.550. The van der Waals surface area contributed by atoms with Crippen LogP contribution in [0.5, 0.6) is 5.88 Å². The Bertz CT molecular complexity index is 614. The maximum Gasteiger partial charge on any atom is 0.255 e. The Morgan fingerprint density at radius 1 is 1.40 bits per heavy atom. The number of halogens is 1. The van der Waals surface area contributed by atoms with Crippen molar-refractivity contribution in [3.8, 4) is 5.88 Å². The second-order valence-electron chi connectivity index (χ2n) is 4.77. The van der Waals surface area contributed by atoms with Crippen molar-refractivity contribution in [3.05, 3.63) is 33.4 Å². The molecule has 0 aromatic carbocycles. The summed E-state index contributed by atoms with van der Waals surface area (Å²) in [5, 5.41) is 5.34. The lowest BCUT2D eigenvalue weighted by molar-refractivity contribution is 0.368. The van der Waals surface area contributed by atoms with E-state index < -0.39 is 5.82 Å². The van der Waals surface area contributed by atoms with Crippen LogP contribution in [0.15, 0.2) is 11.6 Å². The predicted molar refractivity (Wildman–Crippen MR) is 76.8 cm³/mol. The van der Waals surface area contributed by atoms with Crippen LogP contribution in [-0.2, 0) is 19.4 Å². The summed E-state index contributed by atoms with van der Waals surface area (Å²) in [6.07, 6.45) is 6.03. The third-order valence-electron chi connectivity index (χ3n) is 3.49. The molecule has 6 heteroatoms. The van der Waals surface area contributed by atoms with Gasteiger partial charge in [0.15, 0.2) is 0 Å². The fraction of sp³-hybridized carbons (Fsp3) is 0.429. The molecular formula is C14H16FN3OS. The van der Waals surface area contributed by atoms with Gasteiger partial charge in [-0.15, -0.1) is 11.3 Å². The number of aromatic nitrogens is 2. The van der Waals surface area contributed by atoms with Crippen molar-refractivity contribution >= 4 is 17.3 Å². The number of hydrogen-bond donors (Lipinski definition) is 1. The van der Waals surface area contributed by atoms with Crippen molar-refractivity contribution in [2.24, 2.45) is 0 Å². The molecular weight excluding hydrogens is 277 g/mol. The van der Waals surface area contributed by atoms with Crippen LogP contribution in [0.3, 0.4) is 0 Å². The van der Waals surface area contributed by atoms with Crippen LogP contribution in [-0.4, -0.2) is 17.1 Å². The molecule has 0 radical (unpaired) electrons. The van der Waals surface area contributed by atoms with Crippen LogP contribution in [0.25, 0.3) is 0 Å².